The predicted molar refractivity (Wildman–Crippen MR) is 98.1 cm³/mol. The number of anilines is 2. The van der Waals surface area contributed by atoms with Crippen molar-refractivity contribution in [3.05, 3.63) is 34.9 Å². The van der Waals surface area contributed by atoms with Crippen LogP contribution in [0.25, 0.3) is 0 Å². The minimum Gasteiger partial charge on any atom is -0.350 e. The third-order valence-electron chi connectivity index (χ3n) is 3.82. The van der Waals surface area contributed by atoms with Crippen LogP contribution < -0.4 is 15.1 Å². The summed E-state index contributed by atoms with van der Waals surface area (Å²) in [4.78, 5) is 27.2. The van der Waals surface area contributed by atoms with Gasteiger partial charge in [-0.05, 0) is 24.1 Å². The Hall–Kier alpha value is -2.19. The lowest BCUT2D eigenvalue weighted by atomic mass is 10.2. The van der Waals surface area contributed by atoms with Crippen molar-refractivity contribution in [3.63, 3.8) is 0 Å². The van der Waals surface area contributed by atoms with Crippen molar-refractivity contribution in [2.75, 3.05) is 29.9 Å². The van der Waals surface area contributed by atoms with E-state index in [1.807, 2.05) is 12.1 Å². The van der Waals surface area contributed by atoms with Gasteiger partial charge in [0.2, 0.25) is 22.1 Å². The fraction of sp³-hybridized carbons (Fsp3) is 0.375. The number of amides is 2. The molecule has 2 heterocycles. The molecule has 2 amide bonds. The first-order chi connectivity index (χ1) is 12.0. The van der Waals surface area contributed by atoms with Gasteiger partial charge < -0.3 is 10.2 Å². The molecule has 3 rings (SSSR count). The van der Waals surface area contributed by atoms with Gasteiger partial charge in [0.05, 0.1) is 6.54 Å². The average Bonchev–Trinajstić information content (AvgIpc) is 3.23. The number of nitrogens with one attached hydrogen (secondary N) is 1. The topological polar surface area (TPSA) is 78.4 Å². The van der Waals surface area contributed by atoms with Crippen molar-refractivity contribution in [1.29, 1.82) is 0 Å². The first-order valence-corrected chi connectivity index (χ1v) is 9.08. The van der Waals surface area contributed by atoms with E-state index in [9.17, 15) is 9.59 Å². The molecule has 25 heavy (non-hydrogen) atoms. The van der Waals surface area contributed by atoms with E-state index in [0.29, 0.717) is 34.8 Å². The van der Waals surface area contributed by atoms with Crippen LogP contribution in [0.1, 0.15) is 18.4 Å². The molecular weight excluding hydrogens is 362 g/mol. The van der Waals surface area contributed by atoms with Gasteiger partial charge in [-0.25, -0.2) is 0 Å². The smallest absolute Gasteiger partial charge is 0.239 e. The van der Waals surface area contributed by atoms with Crippen LogP contribution in [0.2, 0.25) is 5.02 Å². The third-order valence-corrected chi connectivity index (χ3v) is 5.13. The van der Waals surface area contributed by atoms with Crippen LogP contribution in [0.4, 0.5) is 10.3 Å². The highest BCUT2D eigenvalue weighted by Gasteiger charge is 2.25. The zero-order chi connectivity index (χ0) is 17.8. The molecule has 0 bridgehead atoms. The summed E-state index contributed by atoms with van der Waals surface area (Å²) in [6.07, 6.45) is 1.40. The summed E-state index contributed by atoms with van der Waals surface area (Å²) in [5, 5.41) is 12.9. The van der Waals surface area contributed by atoms with E-state index in [2.05, 4.69) is 15.5 Å². The van der Waals surface area contributed by atoms with E-state index in [1.54, 1.807) is 29.0 Å². The summed E-state index contributed by atoms with van der Waals surface area (Å²) in [5.74, 6) is -0.0440. The number of benzene rings is 1. The summed E-state index contributed by atoms with van der Waals surface area (Å²) in [6.45, 7) is 1.28. The number of hydrogen-bond donors (Lipinski definition) is 1. The van der Waals surface area contributed by atoms with Crippen LogP contribution in [0.5, 0.6) is 0 Å². The third kappa shape index (κ3) is 4.46. The zero-order valence-corrected chi connectivity index (χ0v) is 15.3. The van der Waals surface area contributed by atoms with Gasteiger partial charge in [-0.1, -0.05) is 35.1 Å². The van der Waals surface area contributed by atoms with Crippen LogP contribution in [0, 0.1) is 0 Å². The maximum atomic E-state index is 12.1. The fourth-order valence-corrected chi connectivity index (χ4v) is 3.44. The summed E-state index contributed by atoms with van der Waals surface area (Å²) in [5.41, 5.74) is 0.978. The van der Waals surface area contributed by atoms with Crippen molar-refractivity contribution in [2.45, 2.75) is 19.4 Å². The fourth-order valence-electron chi connectivity index (χ4n) is 2.46. The molecule has 1 saturated heterocycles. The summed E-state index contributed by atoms with van der Waals surface area (Å²) >= 11 is 7.15. The van der Waals surface area contributed by atoms with Gasteiger partial charge in [-0.15, -0.1) is 10.2 Å². The molecule has 0 spiro atoms. The van der Waals surface area contributed by atoms with E-state index in [4.69, 9.17) is 11.6 Å². The van der Waals surface area contributed by atoms with Gasteiger partial charge in [0.15, 0.2) is 0 Å². The minimum absolute atomic E-state index is 0.0751. The summed E-state index contributed by atoms with van der Waals surface area (Å²) in [6, 6.07) is 7.32. The maximum Gasteiger partial charge on any atom is 0.239 e. The van der Waals surface area contributed by atoms with Gasteiger partial charge >= 0.3 is 0 Å². The lowest BCUT2D eigenvalue weighted by molar-refractivity contribution is -0.120. The SMILES string of the molecule is CN(CC(=O)NCc1ccc(Cl)cc1)c1nnc(N2CCCC2=O)s1. The van der Waals surface area contributed by atoms with Crippen LogP contribution in [-0.2, 0) is 16.1 Å². The molecule has 7 nitrogen and oxygen atoms in total. The highest BCUT2D eigenvalue weighted by molar-refractivity contribution is 7.19. The molecule has 1 aliphatic heterocycles. The number of halogens is 1. The van der Waals surface area contributed by atoms with Crippen molar-refractivity contribution in [3.8, 4) is 0 Å². The lowest BCUT2D eigenvalue weighted by Gasteiger charge is -2.15. The highest BCUT2D eigenvalue weighted by Crippen LogP contribution is 2.29. The van der Waals surface area contributed by atoms with E-state index < -0.39 is 0 Å². The van der Waals surface area contributed by atoms with E-state index in [0.717, 1.165) is 12.0 Å². The average molecular weight is 380 g/mol. The molecule has 1 aliphatic rings. The Kier molecular flexibility index (Phi) is 5.50. The van der Waals surface area contributed by atoms with Crippen LogP contribution >= 0.6 is 22.9 Å². The van der Waals surface area contributed by atoms with E-state index >= 15 is 0 Å². The predicted octanol–water partition coefficient (Wildman–Crippen LogP) is 2.07. The molecule has 1 N–H and O–H groups in total. The monoisotopic (exact) mass is 379 g/mol. The molecule has 0 atom stereocenters. The number of likely N-dealkylation sites (N-methyl/N-ethyl adjacent to an activating group) is 1. The number of nitrogens with zero attached hydrogens (tertiary/aromatic N) is 4. The first kappa shape index (κ1) is 17.6. The Bertz CT molecular complexity index is 764. The van der Waals surface area contributed by atoms with Gasteiger partial charge in [-0.2, -0.15) is 0 Å². The molecule has 1 aromatic heterocycles. The molecule has 1 fully saturated rings. The molecule has 132 valence electrons. The molecule has 1 aromatic carbocycles. The molecule has 2 aromatic rings. The van der Waals surface area contributed by atoms with Crippen LogP contribution in [0.15, 0.2) is 24.3 Å². The van der Waals surface area contributed by atoms with Crippen LogP contribution in [-0.4, -0.2) is 42.1 Å². The second-order valence-corrected chi connectivity index (χ2v) is 7.15. The number of hydrogen-bond acceptors (Lipinski definition) is 6. The second-order valence-electron chi connectivity index (χ2n) is 5.78. The Morgan fingerprint density at radius 3 is 2.80 bits per heavy atom. The lowest BCUT2D eigenvalue weighted by Crippen LogP contribution is -2.34. The van der Waals surface area contributed by atoms with E-state index in [1.165, 1.54) is 11.3 Å². The highest BCUT2D eigenvalue weighted by atomic mass is 35.5. The first-order valence-electron chi connectivity index (χ1n) is 7.89. The van der Waals surface area contributed by atoms with Gasteiger partial charge in [0.1, 0.15) is 0 Å². The van der Waals surface area contributed by atoms with E-state index in [-0.39, 0.29) is 18.4 Å². The molecule has 0 unspecified atom stereocenters. The van der Waals surface area contributed by atoms with Crippen LogP contribution in [0.3, 0.4) is 0 Å². The summed E-state index contributed by atoms with van der Waals surface area (Å²) in [7, 11) is 1.78. The summed E-state index contributed by atoms with van der Waals surface area (Å²) < 4.78 is 0. The van der Waals surface area contributed by atoms with Gasteiger partial charge in [0, 0.05) is 31.6 Å². The number of carbonyl (C=O) groups excluding carboxylic acids is 2. The quantitative estimate of drug-likeness (QED) is 0.831. The van der Waals surface area contributed by atoms with Crippen molar-refractivity contribution in [1.82, 2.24) is 15.5 Å². The molecule has 0 aliphatic carbocycles. The normalized spacial score (nSPS) is 14.0. The molecular formula is C16H18ClN5O2S. The van der Waals surface area contributed by atoms with Crippen molar-refractivity contribution < 1.29 is 9.59 Å². The standard InChI is InChI=1S/C16H18ClN5O2S/c1-21(10-13(23)18-9-11-4-6-12(17)7-5-11)15-19-20-16(25-15)22-8-2-3-14(22)24/h4-7H,2-3,8-10H2,1H3,(H,18,23). The number of carbonyl (C=O) groups is 2. The van der Waals surface area contributed by atoms with Crippen molar-refractivity contribution in [2.24, 2.45) is 0 Å². The number of aromatic nitrogens is 2. The maximum absolute atomic E-state index is 12.1. The van der Waals surface area contributed by atoms with Gasteiger partial charge in [-0.3, -0.25) is 14.5 Å². The second kappa shape index (κ2) is 7.79. The zero-order valence-electron chi connectivity index (χ0n) is 13.7. The molecule has 0 saturated carbocycles. The molecule has 9 heteroatoms. The molecule has 0 radical (unpaired) electrons. The van der Waals surface area contributed by atoms with Gasteiger partial charge in [0.25, 0.3) is 0 Å². The Balaban J connectivity index is 1.52. The van der Waals surface area contributed by atoms with Crippen molar-refractivity contribution >= 4 is 45.0 Å². The minimum atomic E-state index is -0.119. The largest absolute Gasteiger partial charge is 0.350 e. The Labute approximate surface area is 154 Å². The Morgan fingerprint density at radius 1 is 1.36 bits per heavy atom. The Morgan fingerprint density at radius 2 is 2.12 bits per heavy atom. The number of rotatable bonds is 6.